The largest absolute Gasteiger partial charge is 0.338 e. The molecule has 1 aliphatic heterocycles. The van der Waals surface area contributed by atoms with Crippen molar-refractivity contribution in [3.8, 4) is 0 Å². The highest BCUT2D eigenvalue weighted by Gasteiger charge is 2.29. The molecule has 3 N–H and O–H groups in total. The lowest BCUT2D eigenvalue weighted by molar-refractivity contribution is 0.187. The predicted molar refractivity (Wildman–Crippen MR) is 103 cm³/mol. The SMILES string of the molecule is O=C(NCCCNC(=O)N1CCCC2CCCC=C21)Nc1ccc(F)cc1. The fraction of sp³-hybridized carbons (Fsp3) is 0.500. The average molecular weight is 374 g/mol. The molecule has 0 aromatic heterocycles. The second-order valence-corrected chi connectivity index (χ2v) is 7.02. The van der Waals surface area contributed by atoms with Crippen LogP contribution in [0.2, 0.25) is 0 Å². The number of benzene rings is 1. The zero-order valence-corrected chi connectivity index (χ0v) is 15.5. The lowest BCUT2D eigenvalue weighted by atomic mass is 9.85. The third-order valence-corrected chi connectivity index (χ3v) is 5.04. The van der Waals surface area contributed by atoms with Crippen LogP contribution in [-0.2, 0) is 0 Å². The molecule has 1 aliphatic carbocycles. The Hall–Kier alpha value is -2.57. The van der Waals surface area contributed by atoms with Crippen LogP contribution in [0.25, 0.3) is 0 Å². The summed E-state index contributed by atoms with van der Waals surface area (Å²) < 4.78 is 12.8. The molecule has 1 atom stereocenters. The van der Waals surface area contributed by atoms with Crippen LogP contribution < -0.4 is 16.0 Å². The van der Waals surface area contributed by atoms with Gasteiger partial charge < -0.3 is 16.0 Å². The van der Waals surface area contributed by atoms with Gasteiger partial charge >= 0.3 is 12.1 Å². The molecule has 146 valence electrons. The van der Waals surface area contributed by atoms with Gasteiger partial charge in [-0.2, -0.15) is 0 Å². The van der Waals surface area contributed by atoms with Crippen molar-refractivity contribution in [3.05, 3.63) is 41.9 Å². The number of hydrogen-bond donors (Lipinski definition) is 3. The van der Waals surface area contributed by atoms with E-state index >= 15 is 0 Å². The number of piperidine rings is 1. The zero-order chi connectivity index (χ0) is 19.1. The smallest absolute Gasteiger partial charge is 0.321 e. The lowest BCUT2D eigenvalue weighted by Gasteiger charge is -2.37. The van der Waals surface area contributed by atoms with E-state index in [9.17, 15) is 14.0 Å². The van der Waals surface area contributed by atoms with Gasteiger partial charge in [-0.1, -0.05) is 6.08 Å². The average Bonchev–Trinajstić information content (AvgIpc) is 2.69. The fourth-order valence-electron chi connectivity index (χ4n) is 3.68. The Morgan fingerprint density at radius 1 is 1.07 bits per heavy atom. The van der Waals surface area contributed by atoms with Crippen molar-refractivity contribution in [1.82, 2.24) is 15.5 Å². The number of carbonyl (C=O) groups is 2. The van der Waals surface area contributed by atoms with E-state index in [1.165, 1.54) is 49.2 Å². The normalized spacial score (nSPS) is 18.9. The Morgan fingerprint density at radius 2 is 1.81 bits per heavy atom. The lowest BCUT2D eigenvalue weighted by Crippen LogP contribution is -2.45. The maximum Gasteiger partial charge on any atom is 0.321 e. The third-order valence-electron chi connectivity index (χ3n) is 5.04. The molecule has 3 rings (SSSR count). The summed E-state index contributed by atoms with van der Waals surface area (Å²) in [6, 6.07) is 5.20. The fourth-order valence-corrected chi connectivity index (χ4v) is 3.68. The number of hydrogen-bond acceptors (Lipinski definition) is 2. The van der Waals surface area contributed by atoms with Crippen LogP contribution in [-0.4, -0.2) is 36.6 Å². The topological polar surface area (TPSA) is 73.5 Å². The van der Waals surface area contributed by atoms with Crippen molar-refractivity contribution >= 4 is 17.7 Å². The van der Waals surface area contributed by atoms with E-state index < -0.39 is 0 Å². The van der Waals surface area contributed by atoms with Crippen molar-refractivity contribution < 1.29 is 14.0 Å². The first-order chi connectivity index (χ1) is 13.1. The van der Waals surface area contributed by atoms with E-state index in [4.69, 9.17) is 0 Å². The molecule has 0 saturated carbocycles. The van der Waals surface area contributed by atoms with Gasteiger partial charge in [-0.05, 0) is 68.7 Å². The molecule has 6 nitrogen and oxygen atoms in total. The van der Waals surface area contributed by atoms with E-state index in [-0.39, 0.29) is 17.9 Å². The zero-order valence-electron chi connectivity index (χ0n) is 15.5. The third kappa shape index (κ3) is 5.45. The van der Waals surface area contributed by atoms with E-state index in [0.717, 1.165) is 19.4 Å². The Labute approximate surface area is 159 Å². The summed E-state index contributed by atoms with van der Waals surface area (Å²) in [5, 5.41) is 8.30. The molecule has 2 aliphatic rings. The molecule has 7 heteroatoms. The molecule has 1 aromatic rings. The van der Waals surface area contributed by atoms with E-state index in [1.54, 1.807) is 0 Å². The molecule has 27 heavy (non-hydrogen) atoms. The minimum Gasteiger partial charge on any atom is -0.338 e. The number of halogens is 1. The van der Waals surface area contributed by atoms with Crippen LogP contribution in [0.3, 0.4) is 0 Å². The summed E-state index contributed by atoms with van der Waals surface area (Å²) in [5.41, 5.74) is 1.73. The van der Waals surface area contributed by atoms with Crippen molar-refractivity contribution in [2.75, 3.05) is 25.0 Å². The molecule has 1 aromatic carbocycles. The summed E-state index contributed by atoms with van der Waals surface area (Å²) >= 11 is 0. The van der Waals surface area contributed by atoms with Crippen LogP contribution >= 0.6 is 0 Å². The van der Waals surface area contributed by atoms with Gasteiger partial charge in [0, 0.05) is 31.0 Å². The first-order valence-corrected chi connectivity index (χ1v) is 9.69. The Balaban J connectivity index is 1.33. The van der Waals surface area contributed by atoms with Gasteiger partial charge in [0.25, 0.3) is 0 Å². The minimum atomic E-state index is -0.348. The van der Waals surface area contributed by atoms with Gasteiger partial charge in [0.2, 0.25) is 0 Å². The standard InChI is InChI=1S/C20H27FN4O2/c21-16-8-10-17(11-9-16)24-19(26)22-12-4-13-23-20(27)25-14-3-6-15-5-1-2-7-18(15)25/h7-11,15H,1-6,12-14H2,(H,23,27)(H2,22,24,26). The molecule has 0 spiro atoms. The summed E-state index contributed by atoms with van der Waals surface area (Å²) in [4.78, 5) is 26.1. The van der Waals surface area contributed by atoms with Crippen LogP contribution in [0.1, 0.15) is 38.5 Å². The van der Waals surface area contributed by atoms with Crippen LogP contribution in [0.15, 0.2) is 36.0 Å². The van der Waals surface area contributed by atoms with Crippen LogP contribution in [0.4, 0.5) is 19.7 Å². The molecule has 1 heterocycles. The number of amides is 4. The van der Waals surface area contributed by atoms with E-state index in [1.807, 2.05) is 4.90 Å². The van der Waals surface area contributed by atoms with Gasteiger partial charge in [-0.3, -0.25) is 4.90 Å². The highest BCUT2D eigenvalue weighted by Crippen LogP contribution is 2.34. The minimum absolute atomic E-state index is 0.0383. The summed E-state index contributed by atoms with van der Waals surface area (Å²) in [7, 11) is 0. The van der Waals surface area contributed by atoms with Gasteiger partial charge in [0.15, 0.2) is 0 Å². The second kappa shape index (κ2) is 9.39. The summed E-state index contributed by atoms with van der Waals surface area (Å²) in [6.07, 6.45) is 8.55. The van der Waals surface area contributed by atoms with Crippen LogP contribution in [0, 0.1) is 11.7 Å². The molecule has 1 saturated heterocycles. The monoisotopic (exact) mass is 374 g/mol. The van der Waals surface area contributed by atoms with Gasteiger partial charge in [-0.15, -0.1) is 0 Å². The molecule has 1 unspecified atom stereocenters. The highest BCUT2D eigenvalue weighted by molar-refractivity contribution is 5.89. The Bertz CT molecular complexity index is 690. The first-order valence-electron chi connectivity index (χ1n) is 9.69. The quantitative estimate of drug-likeness (QED) is 0.686. The number of fused-ring (bicyclic) bond motifs is 1. The maximum absolute atomic E-state index is 12.8. The van der Waals surface area contributed by atoms with Crippen molar-refractivity contribution in [1.29, 1.82) is 0 Å². The number of allylic oxidation sites excluding steroid dienone is 2. The van der Waals surface area contributed by atoms with Crippen molar-refractivity contribution in [2.24, 2.45) is 5.92 Å². The number of nitrogens with one attached hydrogen (secondary N) is 3. The van der Waals surface area contributed by atoms with Crippen molar-refractivity contribution in [3.63, 3.8) is 0 Å². The molecule has 1 fully saturated rings. The number of rotatable bonds is 5. The number of likely N-dealkylation sites (tertiary alicyclic amines) is 1. The Kier molecular flexibility index (Phi) is 6.68. The molecule has 4 amide bonds. The van der Waals surface area contributed by atoms with E-state index in [2.05, 4.69) is 22.0 Å². The van der Waals surface area contributed by atoms with Crippen molar-refractivity contribution in [2.45, 2.75) is 38.5 Å². The number of nitrogens with zero attached hydrogens (tertiary/aromatic N) is 1. The molecule has 0 bridgehead atoms. The predicted octanol–water partition coefficient (Wildman–Crippen LogP) is 3.83. The van der Waals surface area contributed by atoms with Crippen LogP contribution in [0.5, 0.6) is 0 Å². The Morgan fingerprint density at radius 3 is 2.63 bits per heavy atom. The van der Waals surface area contributed by atoms with E-state index in [0.29, 0.717) is 31.1 Å². The first kappa shape index (κ1) is 19.2. The second-order valence-electron chi connectivity index (χ2n) is 7.02. The maximum atomic E-state index is 12.8. The molecule has 0 radical (unpaired) electrons. The highest BCUT2D eigenvalue weighted by atomic mass is 19.1. The van der Waals surface area contributed by atoms with Gasteiger partial charge in [0.05, 0.1) is 0 Å². The molecular formula is C20H27FN4O2. The van der Waals surface area contributed by atoms with Gasteiger partial charge in [0.1, 0.15) is 5.82 Å². The summed E-state index contributed by atoms with van der Waals surface area (Å²) in [5.74, 6) is 0.191. The number of urea groups is 2. The number of carbonyl (C=O) groups excluding carboxylic acids is 2. The van der Waals surface area contributed by atoms with Gasteiger partial charge in [-0.25, -0.2) is 14.0 Å². The molecular weight excluding hydrogens is 347 g/mol. The number of anilines is 1. The summed E-state index contributed by atoms with van der Waals surface area (Å²) in [6.45, 7) is 1.73.